The lowest BCUT2D eigenvalue weighted by molar-refractivity contribution is 0.0942. The van der Waals surface area contributed by atoms with Crippen LogP contribution in [0, 0.1) is 0 Å². The summed E-state index contributed by atoms with van der Waals surface area (Å²) in [5, 5.41) is 0. The molecule has 8 heteroatoms. The first kappa shape index (κ1) is 20.7. The summed E-state index contributed by atoms with van der Waals surface area (Å²) >= 11 is 0. The summed E-state index contributed by atoms with van der Waals surface area (Å²) in [6.07, 6.45) is 0.492. The second-order valence-electron chi connectivity index (χ2n) is 5.93. The van der Waals surface area contributed by atoms with E-state index in [4.69, 9.17) is 4.42 Å². The van der Waals surface area contributed by atoms with Crippen LogP contribution in [0.25, 0.3) is 11.1 Å². The molecule has 1 aromatic carbocycles. The van der Waals surface area contributed by atoms with Crippen molar-refractivity contribution in [1.29, 1.82) is 0 Å². The first-order chi connectivity index (χ1) is 10.5. The van der Waals surface area contributed by atoms with Crippen LogP contribution in [0.5, 0.6) is 0 Å². The van der Waals surface area contributed by atoms with Crippen molar-refractivity contribution in [3.05, 3.63) is 34.3 Å². The summed E-state index contributed by atoms with van der Waals surface area (Å²) in [5.41, 5.74) is 1.79. The number of piperazine rings is 1. The van der Waals surface area contributed by atoms with Crippen LogP contribution < -0.4 is 5.76 Å². The maximum absolute atomic E-state index is 12.3. The molecular weight excluding hydrogens is 353 g/mol. The van der Waals surface area contributed by atoms with Crippen LogP contribution in [-0.4, -0.2) is 59.9 Å². The number of carbonyl (C=O) groups is 1. The van der Waals surface area contributed by atoms with Gasteiger partial charge in [-0.25, -0.2) is 4.79 Å². The van der Waals surface area contributed by atoms with Gasteiger partial charge in [-0.05, 0) is 25.2 Å². The van der Waals surface area contributed by atoms with Crippen molar-refractivity contribution in [3.8, 4) is 0 Å². The van der Waals surface area contributed by atoms with Crippen molar-refractivity contribution in [3.63, 3.8) is 0 Å². The number of oxazole rings is 1. The number of aromatic nitrogens is 1. The predicted molar refractivity (Wildman–Crippen MR) is 98.8 cm³/mol. The number of hydrogen-bond acceptors (Lipinski definition) is 5. The third-order valence-electron chi connectivity index (χ3n) is 4.37. The summed E-state index contributed by atoms with van der Waals surface area (Å²) in [4.78, 5) is 28.4. The number of rotatable bonds is 4. The molecule has 1 aliphatic rings. The average Bonchev–Trinajstić information content (AvgIpc) is 2.80. The highest BCUT2D eigenvalue weighted by atomic mass is 35.5. The van der Waals surface area contributed by atoms with E-state index in [1.165, 1.54) is 4.57 Å². The molecule has 0 spiro atoms. The van der Waals surface area contributed by atoms with Crippen LogP contribution >= 0.6 is 24.8 Å². The number of fused-ring (bicyclic) bond motifs is 1. The maximum Gasteiger partial charge on any atom is 0.419 e. The summed E-state index contributed by atoms with van der Waals surface area (Å²) in [6.45, 7) is 4.90. The number of hydrogen-bond donors (Lipinski definition) is 0. The first-order valence-electron chi connectivity index (χ1n) is 7.58. The highest BCUT2D eigenvalue weighted by molar-refractivity contribution is 5.98. The Kier molecular flexibility index (Phi) is 7.48. The average molecular weight is 376 g/mol. The fourth-order valence-corrected chi connectivity index (χ4v) is 2.78. The van der Waals surface area contributed by atoms with E-state index in [9.17, 15) is 9.59 Å². The summed E-state index contributed by atoms with van der Waals surface area (Å²) < 4.78 is 6.57. The number of aryl methyl sites for hydroxylation is 1. The zero-order valence-corrected chi connectivity index (χ0v) is 15.5. The molecule has 0 N–H and O–H groups in total. The minimum atomic E-state index is -0.406. The van der Waals surface area contributed by atoms with Crippen LogP contribution in [0.3, 0.4) is 0 Å². The molecule has 134 valence electrons. The fraction of sp³-hybridized carbons (Fsp3) is 0.500. The van der Waals surface area contributed by atoms with E-state index in [2.05, 4.69) is 16.8 Å². The molecule has 1 saturated heterocycles. The van der Waals surface area contributed by atoms with Gasteiger partial charge in [0.05, 0.1) is 5.52 Å². The molecule has 0 unspecified atom stereocenters. The quantitative estimate of drug-likeness (QED) is 0.762. The number of carbonyl (C=O) groups excluding carboxylic acids is 1. The van der Waals surface area contributed by atoms with Crippen molar-refractivity contribution in [2.24, 2.45) is 7.05 Å². The molecule has 0 aliphatic carbocycles. The number of ketones is 1. The van der Waals surface area contributed by atoms with Crippen molar-refractivity contribution in [2.45, 2.75) is 6.42 Å². The molecule has 6 nitrogen and oxygen atoms in total. The minimum Gasteiger partial charge on any atom is -0.408 e. The first-order valence-corrected chi connectivity index (χ1v) is 7.58. The lowest BCUT2D eigenvalue weighted by Gasteiger charge is -2.32. The van der Waals surface area contributed by atoms with Crippen LogP contribution in [0.15, 0.2) is 27.4 Å². The Morgan fingerprint density at radius 3 is 2.46 bits per heavy atom. The van der Waals surface area contributed by atoms with E-state index in [-0.39, 0.29) is 30.6 Å². The van der Waals surface area contributed by atoms with Gasteiger partial charge in [0, 0.05) is 51.8 Å². The topological polar surface area (TPSA) is 58.7 Å². The summed E-state index contributed by atoms with van der Waals surface area (Å²) in [6, 6.07) is 5.20. The monoisotopic (exact) mass is 375 g/mol. The third kappa shape index (κ3) is 4.39. The highest BCUT2D eigenvalue weighted by Crippen LogP contribution is 2.16. The van der Waals surface area contributed by atoms with Crippen LogP contribution in [0.1, 0.15) is 16.8 Å². The zero-order valence-electron chi connectivity index (χ0n) is 13.9. The van der Waals surface area contributed by atoms with Crippen LogP contribution in [-0.2, 0) is 7.05 Å². The van der Waals surface area contributed by atoms with Crippen molar-refractivity contribution in [1.82, 2.24) is 14.4 Å². The van der Waals surface area contributed by atoms with Gasteiger partial charge in [0.1, 0.15) is 0 Å². The van der Waals surface area contributed by atoms with E-state index in [1.807, 2.05) is 0 Å². The van der Waals surface area contributed by atoms with Gasteiger partial charge in [-0.1, -0.05) is 0 Å². The molecule has 0 amide bonds. The molecule has 0 atom stereocenters. The Morgan fingerprint density at radius 1 is 1.12 bits per heavy atom. The van der Waals surface area contributed by atoms with E-state index in [0.29, 0.717) is 23.1 Å². The normalized spacial score (nSPS) is 15.8. The predicted octanol–water partition coefficient (Wildman–Crippen LogP) is 1.80. The molecule has 24 heavy (non-hydrogen) atoms. The second-order valence-corrected chi connectivity index (χ2v) is 5.93. The van der Waals surface area contributed by atoms with Gasteiger partial charge in [0.15, 0.2) is 11.4 Å². The number of Topliss-reactive ketones (excluding diaryl/α,β-unsaturated/α-hetero) is 1. The van der Waals surface area contributed by atoms with Crippen LogP contribution in [0.4, 0.5) is 0 Å². The molecule has 1 fully saturated rings. The van der Waals surface area contributed by atoms with Gasteiger partial charge in [-0.3, -0.25) is 9.36 Å². The van der Waals surface area contributed by atoms with E-state index in [1.54, 1.807) is 25.2 Å². The minimum absolute atomic E-state index is 0. The van der Waals surface area contributed by atoms with Gasteiger partial charge in [0.2, 0.25) is 0 Å². The second kappa shape index (κ2) is 8.67. The highest BCUT2D eigenvalue weighted by Gasteiger charge is 2.16. The molecular formula is C16H23Cl2N3O3. The van der Waals surface area contributed by atoms with Crippen LogP contribution in [0.2, 0.25) is 0 Å². The van der Waals surface area contributed by atoms with Gasteiger partial charge in [-0.2, -0.15) is 0 Å². The standard InChI is InChI=1S/C16H21N3O3.2ClH/c1-17-7-9-19(10-8-17)6-5-14(20)12-3-4-13-15(11-12)22-16(21)18(13)2;;/h3-4,11H,5-10H2,1-2H3;2*1H. The van der Waals surface area contributed by atoms with E-state index < -0.39 is 5.76 Å². The molecule has 0 saturated carbocycles. The molecule has 3 rings (SSSR count). The smallest absolute Gasteiger partial charge is 0.408 e. The van der Waals surface area contributed by atoms with Crippen molar-refractivity contribution >= 4 is 41.7 Å². The van der Waals surface area contributed by atoms with E-state index >= 15 is 0 Å². The molecule has 2 aromatic rings. The third-order valence-corrected chi connectivity index (χ3v) is 4.37. The fourth-order valence-electron chi connectivity index (χ4n) is 2.78. The van der Waals surface area contributed by atoms with Gasteiger partial charge in [0.25, 0.3) is 0 Å². The molecule has 0 bridgehead atoms. The van der Waals surface area contributed by atoms with Crippen molar-refractivity contribution in [2.75, 3.05) is 39.8 Å². The Morgan fingerprint density at radius 2 is 1.79 bits per heavy atom. The Bertz CT molecular complexity index is 749. The summed E-state index contributed by atoms with van der Waals surface area (Å²) in [5.74, 6) is -0.315. The zero-order chi connectivity index (χ0) is 15.7. The number of nitrogens with zero attached hydrogens (tertiary/aromatic N) is 3. The number of benzene rings is 1. The Balaban J connectivity index is 0.00000144. The lowest BCUT2D eigenvalue weighted by Crippen LogP contribution is -2.45. The van der Waals surface area contributed by atoms with Gasteiger partial charge in [-0.15, -0.1) is 24.8 Å². The van der Waals surface area contributed by atoms with E-state index in [0.717, 1.165) is 32.7 Å². The number of halogens is 2. The maximum atomic E-state index is 12.3. The Hall–Kier alpha value is -1.34. The molecule has 0 radical (unpaired) electrons. The lowest BCUT2D eigenvalue weighted by atomic mass is 10.1. The van der Waals surface area contributed by atoms with Gasteiger partial charge >= 0.3 is 5.76 Å². The molecule has 1 aliphatic heterocycles. The summed E-state index contributed by atoms with van der Waals surface area (Å²) in [7, 11) is 3.77. The SMILES string of the molecule is CN1CCN(CCC(=O)c2ccc3c(c2)oc(=O)n3C)CC1.Cl.Cl. The largest absolute Gasteiger partial charge is 0.419 e. The molecule has 1 aromatic heterocycles. The molecule has 2 heterocycles. The Labute approximate surface area is 153 Å². The van der Waals surface area contributed by atoms with Crippen molar-refractivity contribution < 1.29 is 9.21 Å². The van der Waals surface area contributed by atoms with Gasteiger partial charge < -0.3 is 14.2 Å². The number of likely N-dealkylation sites (N-methyl/N-ethyl adjacent to an activating group) is 1.